The van der Waals surface area contributed by atoms with Crippen LogP contribution >= 0.6 is 0 Å². The molecule has 7 unspecified atom stereocenters. The van der Waals surface area contributed by atoms with E-state index in [9.17, 15) is 10.0 Å². The van der Waals surface area contributed by atoms with Crippen molar-refractivity contribution in [2.75, 3.05) is 0 Å². The Balaban J connectivity index is 1.59. The second-order valence-corrected chi connectivity index (χ2v) is 13.4. The minimum atomic E-state index is -0.552. The monoisotopic (exact) mass is 441 g/mol. The van der Waals surface area contributed by atoms with Crippen LogP contribution in [-0.2, 0) is 4.79 Å². The molecule has 0 aromatic rings. The van der Waals surface area contributed by atoms with Gasteiger partial charge >= 0.3 is 0 Å². The van der Waals surface area contributed by atoms with Crippen molar-refractivity contribution in [3.63, 3.8) is 0 Å². The molecule has 7 atom stereocenters. The molecule has 1 N–H and O–H groups in total. The maximum atomic E-state index is 13.0. The molecule has 0 saturated heterocycles. The minimum absolute atomic E-state index is 0.0129. The fourth-order valence-electron chi connectivity index (χ4n) is 9.31. The van der Waals surface area contributed by atoms with Gasteiger partial charge in [-0.15, -0.1) is 0 Å². The van der Waals surface area contributed by atoms with E-state index < -0.39 is 5.41 Å². The van der Waals surface area contributed by atoms with Crippen molar-refractivity contribution in [1.29, 1.82) is 0 Å². The molecule has 3 nitrogen and oxygen atoms in total. The first-order valence-electron chi connectivity index (χ1n) is 13.4. The number of carbonyl (C=O) groups excluding carboxylic acids is 1. The lowest BCUT2D eigenvalue weighted by Crippen LogP contribution is -2.56. The number of ketones is 1. The normalized spacial score (nSPS) is 42.9. The number of hydrogen-bond acceptors (Lipinski definition) is 3. The van der Waals surface area contributed by atoms with Crippen LogP contribution in [-0.4, -0.2) is 16.7 Å². The molecule has 3 saturated carbocycles. The Morgan fingerprint density at radius 1 is 1.06 bits per heavy atom. The van der Waals surface area contributed by atoms with Gasteiger partial charge in [-0.3, -0.25) is 4.79 Å². The van der Waals surface area contributed by atoms with E-state index in [-0.39, 0.29) is 11.2 Å². The van der Waals surface area contributed by atoms with Crippen molar-refractivity contribution >= 4 is 11.5 Å². The standard InChI is InChI=1S/C29H47NO2/c1-18(2)9-8-10-19(3)21-12-13-22-20-11-14-25-27(4,5)26(31)24(30-32)17-29(25,7)23(20)15-16-28(21,22)6/h14,18-23,32H,8-13,15-17H2,1-7H3. The van der Waals surface area contributed by atoms with Gasteiger partial charge in [0.15, 0.2) is 5.78 Å². The summed E-state index contributed by atoms with van der Waals surface area (Å²) < 4.78 is 0. The van der Waals surface area contributed by atoms with E-state index in [2.05, 4.69) is 45.9 Å². The van der Waals surface area contributed by atoms with Gasteiger partial charge < -0.3 is 5.21 Å². The van der Waals surface area contributed by atoms with Gasteiger partial charge in [0.1, 0.15) is 5.71 Å². The summed E-state index contributed by atoms with van der Waals surface area (Å²) in [5.41, 5.74) is 1.58. The molecule has 180 valence electrons. The molecule has 0 heterocycles. The molecule has 0 spiro atoms. The van der Waals surface area contributed by atoms with Gasteiger partial charge in [-0.25, -0.2) is 0 Å². The molecular formula is C29H47NO2. The average molecular weight is 442 g/mol. The van der Waals surface area contributed by atoms with Gasteiger partial charge in [0.2, 0.25) is 0 Å². The van der Waals surface area contributed by atoms with Gasteiger partial charge in [-0.2, -0.15) is 0 Å². The molecule has 4 aliphatic carbocycles. The summed E-state index contributed by atoms with van der Waals surface area (Å²) in [5.74, 6) is 4.61. The number of fused-ring (bicyclic) bond motifs is 5. The Hall–Kier alpha value is -1.12. The highest BCUT2D eigenvalue weighted by atomic mass is 16.4. The topological polar surface area (TPSA) is 49.7 Å². The molecule has 32 heavy (non-hydrogen) atoms. The van der Waals surface area contributed by atoms with Crippen LogP contribution in [0.25, 0.3) is 0 Å². The maximum absolute atomic E-state index is 13.0. The summed E-state index contributed by atoms with van der Waals surface area (Å²) in [4.78, 5) is 13.0. The first-order valence-corrected chi connectivity index (χ1v) is 13.4. The van der Waals surface area contributed by atoms with E-state index in [4.69, 9.17) is 0 Å². The molecule has 0 radical (unpaired) electrons. The molecule has 0 aromatic heterocycles. The Morgan fingerprint density at radius 2 is 1.78 bits per heavy atom. The Labute approximate surface area is 196 Å². The van der Waals surface area contributed by atoms with Gasteiger partial charge in [0.05, 0.1) is 5.41 Å². The second-order valence-electron chi connectivity index (χ2n) is 13.4. The third-order valence-corrected chi connectivity index (χ3v) is 10.8. The SMILES string of the molecule is CC(C)CCCC(C)C1CCC2C3CC=C4C(C)(C)C(=O)C(=NO)CC4(C)C3CCC12C. The lowest BCUT2D eigenvalue weighted by molar-refractivity contribution is -0.122. The zero-order chi connectivity index (χ0) is 23.5. The van der Waals surface area contributed by atoms with E-state index >= 15 is 0 Å². The van der Waals surface area contributed by atoms with Crippen LogP contribution in [0.2, 0.25) is 0 Å². The number of oxime groups is 1. The van der Waals surface area contributed by atoms with Gasteiger partial charge in [-0.05, 0) is 92.3 Å². The van der Waals surface area contributed by atoms with Gasteiger partial charge in [0, 0.05) is 6.42 Å². The minimum Gasteiger partial charge on any atom is -0.411 e. The van der Waals surface area contributed by atoms with Crippen molar-refractivity contribution in [2.24, 2.45) is 56.9 Å². The number of hydrogen-bond donors (Lipinski definition) is 1. The van der Waals surface area contributed by atoms with Crippen molar-refractivity contribution in [1.82, 2.24) is 0 Å². The van der Waals surface area contributed by atoms with Crippen molar-refractivity contribution in [3.05, 3.63) is 11.6 Å². The van der Waals surface area contributed by atoms with Gasteiger partial charge in [0.25, 0.3) is 0 Å². The molecule has 0 aliphatic heterocycles. The summed E-state index contributed by atoms with van der Waals surface area (Å²) in [6.45, 7) is 16.3. The highest BCUT2D eigenvalue weighted by molar-refractivity contribution is 6.43. The fraction of sp³-hybridized carbons (Fsp3) is 0.862. The van der Waals surface area contributed by atoms with E-state index in [0.29, 0.717) is 29.4 Å². The summed E-state index contributed by atoms with van der Waals surface area (Å²) in [7, 11) is 0. The first-order chi connectivity index (χ1) is 15.0. The van der Waals surface area contributed by atoms with E-state index in [1.807, 2.05) is 13.8 Å². The number of nitrogens with zero attached hydrogens (tertiary/aromatic N) is 1. The van der Waals surface area contributed by atoms with Crippen LogP contribution in [0.3, 0.4) is 0 Å². The zero-order valence-electron chi connectivity index (χ0n) is 21.7. The lowest BCUT2D eigenvalue weighted by Gasteiger charge is -2.60. The Bertz CT molecular complexity index is 808. The van der Waals surface area contributed by atoms with E-state index in [0.717, 1.165) is 30.1 Å². The summed E-state index contributed by atoms with van der Waals surface area (Å²) in [6.07, 6.45) is 13.6. The van der Waals surface area contributed by atoms with Crippen LogP contribution in [0.15, 0.2) is 16.8 Å². The average Bonchev–Trinajstić information content (AvgIpc) is 3.08. The zero-order valence-corrected chi connectivity index (χ0v) is 21.7. The van der Waals surface area contributed by atoms with Gasteiger partial charge in [-0.1, -0.05) is 70.7 Å². The number of Topliss-reactive ketones (excluding diaryl/α,β-unsaturated/α-hetero) is 1. The smallest absolute Gasteiger partial charge is 0.190 e. The van der Waals surface area contributed by atoms with Crippen molar-refractivity contribution in [3.8, 4) is 0 Å². The van der Waals surface area contributed by atoms with Crippen molar-refractivity contribution in [2.45, 2.75) is 106 Å². The quantitative estimate of drug-likeness (QED) is 0.270. The highest BCUT2D eigenvalue weighted by Crippen LogP contribution is 2.68. The third-order valence-electron chi connectivity index (χ3n) is 10.8. The fourth-order valence-corrected chi connectivity index (χ4v) is 9.31. The van der Waals surface area contributed by atoms with Crippen LogP contribution < -0.4 is 0 Å². The predicted molar refractivity (Wildman–Crippen MR) is 132 cm³/mol. The maximum Gasteiger partial charge on any atom is 0.190 e. The van der Waals surface area contributed by atoms with E-state index in [1.165, 1.54) is 50.5 Å². The van der Waals surface area contributed by atoms with Crippen LogP contribution in [0.4, 0.5) is 0 Å². The first kappa shape index (κ1) is 24.0. The summed E-state index contributed by atoms with van der Waals surface area (Å²) >= 11 is 0. The molecular weight excluding hydrogens is 394 g/mol. The van der Waals surface area contributed by atoms with E-state index in [1.54, 1.807) is 0 Å². The molecule has 4 aliphatic rings. The highest BCUT2D eigenvalue weighted by Gasteiger charge is 2.62. The van der Waals surface area contributed by atoms with Crippen LogP contribution in [0.1, 0.15) is 106 Å². The molecule has 0 aromatic carbocycles. The van der Waals surface area contributed by atoms with Crippen LogP contribution in [0.5, 0.6) is 0 Å². The molecule has 3 fully saturated rings. The van der Waals surface area contributed by atoms with Crippen LogP contribution in [0, 0.1) is 51.8 Å². The summed E-state index contributed by atoms with van der Waals surface area (Å²) in [5, 5.41) is 13.1. The lowest BCUT2D eigenvalue weighted by atomic mass is 9.44. The molecule has 0 amide bonds. The Morgan fingerprint density at radius 3 is 2.44 bits per heavy atom. The molecule has 4 rings (SSSR count). The summed E-state index contributed by atoms with van der Waals surface area (Å²) in [6, 6.07) is 0. The number of rotatable bonds is 5. The Kier molecular flexibility index (Phi) is 6.21. The number of carbonyl (C=O) groups is 1. The van der Waals surface area contributed by atoms with Crippen molar-refractivity contribution < 1.29 is 10.0 Å². The third kappa shape index (κ3) is 3.52. The number of allylic oxidation sites excluding steroid dienone is 2. The predicted octanol–water partition coefficient (Wildman–Crippen LogP) is 7.67. The second kappa shape index (κ2) is 8.27. The molecule has 3 heteroatoms. The molecule has 0 bridgehead atoms. The largest absolute Gasteiger partial charge is 0.411 e.